The third kappa shape index (κ3) is 3.89. The van der Waals surface area contributed by atoms with Gasteiger partial charge in [-0.25, -0.2) is 0 Å². The molecule has 0 unspecified atom stereocenters. The number of rotatable bonds is 4. The number of likely N-dealkylation sites (N-methyl/N-ethyl adjacent to an activating group) is 1. The van der Waals surface area contributed by atoms with Crippen LogP contribution in [0.2, 0.25) is 5.02 Å². The third-order valence-electron chi connectivity index (χ3n) is 3.25. The number of hydrogen-bond acceptors (Lipinski definition) is 2. The van der Waals surface area contributed by atoms with Crippen molar-refractivity contribution in [2.24, 2.45) is 7.05 Å². The Kier molecular flexibility index (Phi) is 4.88. The van der Waals surface area contributed by atoms with Crippen LogP contribution in [0.4, 0.5) is 5.69 Å². The molecule has 2 rings (SSSR count). The van der Waals surface area contributed by atoms with Crippen molar-refractivity contribution in [3.05, 3.63) is 52.8 Å². The molecule has 2 aromatic rings. The van der Waals surface area contributed by atoms with Crippen molar-refractivity contribution in [1.29, 1.82) is 0 Å². The molecular formula is C16H18ClN3O2. The van der Waals surface area contributed by atoms with Crippen LogP contribution < -0.4 is 5.32 Å². The van der Waals surface area contributed by atoms with Crippen LogP contribution in [0.1, 0.15) is 16.1 Å². The zero-order valence-corrected chi connectivity index (χ0v) is 13.5. The van der Waals surface area contributed by atoms with Crippen LogP contribution in [-0.4, -0.2) is 34.9 Å². The van der Waals surface area contributed by atoms with E-state index in [-0.39, 0.29) is 18.4 Å². The minimum absolute atomic E-state index is 0.0322. The Hall–Kier alpha value is -2.27. The van der Waals surface area contributed by atoms with E-state index in [1.54, 1.807) is 30.9 Å². The second-order valence-corrected chi connectivity index (χ2v) is 5.67. The Morgan fingerprint density at radius 3 is 2.45 bits per heavy atom. The van der Waals surface area contributed by atoms with Crippen LogP contribution in [0.3, 0.4) is 0 Å². The lowest BCUT2D eigenvalue weighted by molar-refractivity contribution is -0.116. The largest absolute Gasteiger partial charge is 0.345 e. The van der Waals surface area contributed by atoms with Gasteiger partial charge in [0.1, 0.15) is 5.69 Å². The Balaban J connectivity index is 1.97. The van der Waals surface area contributed by atoms with E-state index in [0.717, 1.165) is 5.56 Å². The van der Waals surface area contributed by atoms with Crippen molar-refractivity contribution in [2.75, 3.05) is 18.9 Å². The number of aromatic nitrogens is 1. The highest BCUT2D eigenvalue weighted by Gasteiger charge is 2.18. The first kappa shape index (κ1) is 16.1. The Labute approximate surface area is 134 Å². The quantitative estimate of drug-likeness (QED) is 0.942. The topological polar surface area (TPSA) is 54.3 Å². The number of nitrogens with zero attached hydrogens (tertiary/aromatic N) is 2. The van der Waals surface area contributed by atoms with Crippen molar-refractivity contribution in [1.82, 2.24) is 9.47 Å². The van der Waals surface area contributed by atoms with Crippen LogP contribution in [0.5, 0.6) is 0 Å². The summed E-state index contributed by atoms with van der Waals surface area (Å²) >= 11 is 5.87. The van der Waals surface area contributed by atoms with Gasteiger partial charge in [0, 0.05) is 26.0 Å². The van der Waals surface area contributed by atoms with Gasteiger partial charge in [0.25, 0.3) is 5.91 Å². The molecule has 1 aromatic carbocycles. The number of hydrogen-bond donors (Lipinski definition) is 1. The van der Waals surface area contributed by atoms with Crippen molar-refractivity contribution < 1.29 is 9.59 Å². The van der Waals surface area contributed by atoms with Crippen molar-refractivity contribution >= 4 is 29.1 Å². The van der Waals surface area contributed by atoms with E-state index < -0.39 is 0 Å². The summed E-state index contributed by atoms with van der Waals surface area (Å²) in [5.41, 5.74) is 2.26. The van der Waals surface area contributed by atoms with E-state index in [2.05, 4.69) is 5.32 Å². The number of benzene rings is 1. The van der Waals surface area contributed by atoms with Gasteiger partial charge in [0.2, 0.25) is 5.91 Å². The highest BCUT2D eigenvalue weighted by Crippen LogP contribution is 2.14. The molecule has 2 amide bonds. The first-order valence-corrected chi connectivity index (χ1v) is 7.18. The molecule has 1 N–H and O–H groups in total. The normalized spacial score (nSPS) is 10.4. The van der Waals surface area contributed by atoms with Gasteiger partial charge in [-0.1, -0.05) is 29.3 Å². The molecule has 6 heteroatoms. The number of halogens is 1. The van der Waals surface area contributed by atoms with Gasteiger partial charge >= 0.3 is 0 Å². The fourth-order valence-electron chi connectivity index (χ4n) is 2.06. The zero-order valence-electron chi connectivity index (χ0n) is 12.8. The molecule has 0 saturated carbocycles. The van der Waals surface area contributed by atoms with E-state index in [4.69, 9.17) is 11.6 Å². The number of amides is 2. The van der Waals surface area contributed by atoms with Gasteiger partial charge in [-0.05, 0) is 25.1 Å². The van der Waals surface area contributed by atoms with Crippen LogP contribution in [-0.2, 0) is 11.8 Å². The van der Waals surface area contributed by atoms with Crippen molar-refractivity contribution in [2.45, 2.75) is 6.92 Å². The van der Waals surface area contributed by atoms with Gasteiger partial charge < -0.3 is 14.8 Å². The average molecular weight is 320 g/mol. The maximum atomic E-state index is 12.3. The molecular weight excluding hydrogens is 302 g/mol. The Morgan fingerprint density at radius 1 is 1.27 bits per heavy atom. The molecule has 5 nitrogen and oxygen atoms in total. The fourth-order valence-corrected chi connectivity index (χ4v) is 2.31. The standard InChI is InChI=1S/C16H18ClN3O2/c1-11-4-6-13(7-5-11)18-15(21)10-20(3)16(22)14-8-12(17)9-19(14)2/h4-9H,10H2,1-3H3,(H,18,21). The van der Waals surface area contributed by atoms with Crippen LogP contribution in [0.25, 0.3) is 0 Å². The molecule has 0 aliphatic rings. The van der Waals surface area contributed by atoms with Gasteiger partial charge in [-0.2, -0.15) is 0 Å². The summed E-state index contributed by atoms with van der Waals surface area (Å²) in [7, 11) is 3.32. The summed E-state index contributed by atoms with van der Waals surface area (Å²) in [6.07, 6.45) is 1.65. The van der Waals surface area contributed by atoms with Crippen LogP contribution in [0.15, 0.2) is 36.5 Å². The molecule has 0 saturated heterocycles. The van der Waals surface area contributed by atoms with Gasteiger partial charge in [-0.15, -0.1) is 0 Å². The molecule has 1 aromatic heterocycles. The van der Waals surface area contributed by atoms with Gasteiger partial charge in [0.15, 0.2) is 0 Å². The Bertz CT molecular complexity index is 692. The predicted molar refractivity (Wildman–Crippen MR) is 87.2 cm³/mol. The Morgan fingerprint density at radius 2 is 1.91 bits per heavy atom. The van der Waals surface area contributed by atoms with Gasteiger partial charge in [0.05, 0.1) is 11.6 Å². The number of carbonyl (C=O) groups excluding carboxylic acids is 2. The van der Waals surface area contributed by atoms with E-state index in [1.807, 2.05) is 31.2 Å². The minimum Gasteiger partial charge on any atom is -0.345 e. The number of carbonyl (C=O) groups is 2. The molecule has 1 heterocycles. The molecule has 0 aliphatic heterocycles. The van der Waals surface area contributed by atoms with Crippen LogP contribution >= 0.6 is 11.6 Å². The maximum absolute atomic E-state index is 12.3. The number of aryl methyl sites for hydroxylation is 2. The van der Waals surface area contributed by atoms with Crippen LogP contribution in [0, 0.1) is 6.92 Å². The van der Waals surface area contributed by atoms with Crippen molar-refractivity contribution in [3.63, 3.8) is 0 Å². The summed E-state index contributed by atoms with van der Waals surface area (Å²) in [4.78, 5) is 25.6. The van der Waals surface area contributed by atoms with E-state index in [9.17, 15) is 9.59 Å². The third-order valence-corrected chi connectivity index (χ3v) is 3.46. The molecule has 0 spiro atoms. The smallest absolute Gasteiger partial charge is 0.270 e. The molecule has 0 aliphatic carbocycles. The molecule has 116 valence electrons. The molecule has 0 bridgehead atoms. The second-order valence-electron chi connectivity index (χ2n) is 5.23. The first-order chi connectivity index (χ1) is 10.4. The summed E-state index contributed by atoms with van der Waals surface area (Å²) < 4.78 is 1.64. The van der Waals surface area contributed by atoms with E-state index in [0.29, 0.717) is 16.4 Å². The lowest BCUT2D eigenvalue weighted by atomic mass is 10.2. The molecule has 0 fully saturated rings. The highest BCUT2D eigenvalue weighted by atomic mass is 35.5. The monoisotopic (exact) mass is 319 g/mol. The zero-order chi connectivity index (χ0) is 16.3. The van der Waals surface area contributed by atoms with E-state index >= 15 is 0 Å². The lowest BCUT2D eigenvalue weighted by Crippen LogP contribution is -2.35. The fraction of sp³-hybridized carbons (Fsp3) is 0.250. The summed E-state index contributed by atoms with van der Waals surface area (Å²) in [5.74, 6) is -0.506. The summed E-state index contributed by atoms with van der Waals surface area (Å²) in [6, 6.07) is 9.06. The average Bonchev–Trinajstić information content (AvgIpc) is 2.79. The molecule has 0 radical (unpaired) electrons. The number of anilines is 1. The lowest BCUT2D eigenvalue weighted by Gasteiger charge is -2.17. The predicted octanol–water partition coefficient (Wildman–Crippen LogP) is 2.70. The van der Waals surface area contributed by atoms with Crippen molar-refractivity contribution in [3.8, 4) is 0 Å². The number of nitrogens with one attached hydrogen (secondary N) is 1. The van der Waals surface area contributed by atoms with E-state index in [1.165, 1.54) is 4.90 Å². The maximum Gasteiger partial charge on any atom is 0.270 e. The van der Waals surface area contributed by atoms with Gasteiger partial charge in [-0.3, -0.25) is 9.59 Å². The summed E-state index contributed by atoms with van der Waals surface area (Å²) in [5, 5.41) is 3.25. The SMILES string of the molecule is Cc1ccc(NC(=O)CN(C)C(=O)c2cc(Cl)cn2C)cc1. The second kappa shape index (κ2) is 6.66. The summed E-state index contributed by atoms with van der Waals surface area (Å²) in [6.45, 7) is 1.94. The molecule has 0 atom stereocenters. The molecule has 22 heavy (non-hydrogen) atoms. The first-order valence-electron chi connectivity index (χ1n) is 6.80. The minimum atomic E-state index is -0.256. The highest BCUT2D eigenvalue weighted by molar-refractivity contribution is 6.31.